The van der Waals surface area contributed by atoms with Crippen molar-refractivity contribution in [2.24, 2.45) is 5.92 Å². The number of carbonyl (C=O) groups excluding carboxylic acids is 2. The molecule has 142 valence electrons. The first kappa shape index (κ1) is 19.4. The van der Waals surface area contributed by atoms with Crippen LogP contribution in [-0.2, 0) is 16.0 Å². The molecule has 3 rings (SSSR count). The predicted octanol–water partition coefficient (Wildman–Crippen LogP) is 3.97. The van der Waals surface area contributed by atoms with E-state index >= 15 is 0 Å². The number of nitrogens with zero attached hydrogens (tertiary/aromatic N) is 1. The molecule has 2 amide bonds. The van der Waals surface area contributed by atoms with Crippen molar-refractivity contribution < 1.29 is 14.0 Å². The van der Waals surface area contributed by atoms with Crippen LogP contribution in [0.15, 0.2) is 48.5 Å². The Labute approximate surface area is 163 Å². The monoisotopic (exact) mass is 388 g/mol. The molecule has 0 aliphatic carbocycles. The van der Waals surface area contributed by atoms with Crippen LogP contribution in [0.5, 0.6) is 0 Å². The highest BCUT2D eigenvalue weighted by atomic mass is 35.5. The molecule has 2 aromatic rings. The van der Waals surface area contributed by atoms with Gasteiger partial charge < -0.3 is 10.2 Å². The van der Waals surface area contributed by atoms with E-state index in [9.17, 15) is 14.0 Å². The second-order valence-electron chi connectivity index (χ2n) is 6.94. The molecule has 1 saturated heterocycles. The van der Waals surface area contributed by atoms with Gasteiger partial charge in [0.15, 0.2) is 0 Å². The van der Waals surface area contributed by atoms with Crippen LogP contribution in [0.4, 0.5) is 10.1 Å². The van der Waals surface area contributed by atoms with Crippen LogP contribution in [0.2, 0.25) is 5.02 Å². The van der Waals surface area contributed by atoms with Gasteiger partial charge in [0.25, 0.3) is 0 Å². The quantitative estimate of drug-likeness (QED) is 0.814. The van der Waals surface area contributed by atoms with Gasteiger partial charge in [0.1, 0.15) is 5.82 Å². The molecule has 0 radical (unpaired) electrons. The van der Waals surface area contributed by atoms with Gasteiger partial charge in [0.2, 0.25) is 11.8 Å². The van der Waals surface area contributed by atoms with Gasteiger partial charge in [-0.2, -0.15) is 0 Å². The predicted molar refractivity (Wildman–Crippen MR) is 104 cm³/mol. The van der Waals surface area contributed by atoms with Gasteiger partial charge in [-0.1, -0.05) is 41.9 Å². The van der Waals surface area contributed by atoms with Crippen molar-refractivity contribution in [2.45, 2.75) is 32.2 Å². The largest absolute Gasteiger partial charge is 0.353 e. The SMILES string of the molecule is CC(CCc1ccccc1)NC(=O)C1CC(=O)N(c2ccc(F)c(Cl)c2)C1. The van der Waals surface area contributed by atoms with Crippen LogP contribution in [0.3, 0.4) is 0 Å². The lowest BCUT2D eigenvalue weighted by atomic mass is 10.0. The number of hydrogen-bond acceptors (Lipinski definition) is 2. The number of aryl methyl sites for hydroxylation is 1. The van der Waals surface area contributed by atoms with E-state index in [-0.39, 0.29) is 35.8 Å². The summed E-state index contributed by atoms with van der Waals surface area (Å²) in [5.41, 5.74) is 1.74. The molecule has 27 heavy (non-hydrogen) atoms. The second-order valence-corrected chi connectivity index (χ2v) is 7.34. The third-order valence-corrected chi connectivity index (χ3v) is 5.10. The van der Waals surface area contributed by atoms with Gasteiger partial charge in [-0.05, 0) is 43.5 Å². The maximum Gasteiger partial charge on any atom is 0.227 e. The minimum atomic E-state index is -0.534. The van der Waals surface area contributed by atoms with Crippen molar-refractivity contribution in [2.75, 3.05) is 11.4 Å². The van der Waals surface area contributed by atoms with Crippen molar-refractivity contribution in [3.05, 3.63) is 64.9 Å². The number of anilines is 1. The molecule has 0 spiro atoms. The van der Waals surface area contributed by atoms with E-state index in [4.69, 9.17) is 11.6 Å². The fourth-order valence-electron chi connectivity index (χ4n) is 3.25. The van der Waals surface area contributed by atoms with Crippen molar-refractivity contribution >= 4 is 29.1 Å². The smallest absolute Gasteiger partial charge is 0.227 e. The molecule has 1 aliphatic rings. The van der Waals surface area contributed by atoms with Crippen LogP contribution in [0.25, 0.3) is 0 Å². The molecule has 4 nitrogen and oxygen atoms in total. The van der Waals surface area contributed by atoms with Crippen LogP contribution >= 0.6 is 11.6 Å². The number of hydrogen-bond donors (Lipinski definition) is 1. The minimum Gasteiger partial charge on any atom is -0.353 e. The Kier molecular flexibility index (Phi) is 6.11. The van der Waals surface area contributed by atoms with Gasteiger partial charge in [0.05, 0.1) is 10.9 Å². The minimum absolute atomic E-state index is 0.0159. The zero-order chi connectivity index (χ0) is 19.4. The van der Waals surface area contributed by atoms with Crippen molar-refractivity contribution in [3.8, 4) is 0 Å². The number of rotatable bonds is 6. The zero-order valence-corrected chi connectivity index (χ0v) is 15.9. The van der Waals surface area contributed by atoms with Gasteiger partial charge >= 0.3 is 0 Å². The Morgan fingerprint density at radius 3 is 2.74 bits per heavy atom. The molecule has 0 bridgehead atoms. The summed E-state index contributed by atoms with van der Waals surface area (Å²) < 4.78 is 13.3. The Morgan fingerprint density at radius 2 is 2.04 bits per heavy atom. The van der Waals surface area contributed by atoms with Crippen LogP contribution in [-0.4, -0.2) is 24.4 Å². The maximum absolute atomic E-state index is 13.3. The Bertz CT molecular complexity index is 828. The molecule has 2 aromatic carbocycles. The molecular weight excluding hydrogens is 367 g/mol. The Balaban J connectivity index is 1.54. The summed E-state index contributed by atoms with van der Waals surface area (Å²) in [7, 11) is 0. The topological polar surface area (TPSA) is 49.4 Å². The molecule has 2 atom stereocenters. The average Bonchev–Trinajstić information content (AvgIpc) is 3.05. The summed E-state index contributed by atoms with van der Waals surface area (Å²) in [6.45, 7) is 2.24. The summed E-state index contributed by atoms with van der Waals surface area (Å²) in [5, 5.41) is 2.96. The molecule has 1 N–H and O–H groups in total. The van der Waals surface area contributed by atoms with Crippen molar-refractivity contribution in [3.63, 3.8) is 0 Å². The second kappa shape index (κ2) is 8.53. The van der Waals surface area contributed by atoms with Crippen LogP contribution < -0.4 is 10.2 Å². The van der Waals surface area contributed by atoms with E-state index in [2.05, 4.69) is 17.4 Å². The lowest BCUT2D eigenvalue weighted by molar-refractivity contribution is -0.126. The molecule has 0 saturated carbocycles. The summed E-state index contributed by atoms with van der Waals surface area (Å²) in [4.78, 5) is 26.3. The number of nitrogens with one attached hydrogen (secondary N) is 1. The first-order chi connectivity index (χ1) is 12.9. The first-order valence-corrected chi connectivity index (χ1v) is 9.41. The lowest BCUT2D eigenvalue weighted by Gasteiger charge is -2.19. The molecule has 1 heterocycles. The van der Waals surface area contributed by atoms with Gasteiger partial charge in [-0.25, -0.2) is 4.39 Å². The van der Waals surface area contributed by atoms with E-state index in [0.29, 0.717) is 5.69 Å². The van der Waals surface area contributed by atoms with E-state index in [1.165, 1.54) is 28.7 Å². The van der Waals surface area contributed by atoms with E-state index < -0.39 is 11.7 Å². The first-order valence-electron chi connectivity index (χ1n) is 9.03. The van der Waals surface area contributed by atoms with Gasteiger partial charge in [-0.15, -0.1) is 0 Å². The third-order valence-electron chi connectivity index (χ3n) is 4.81. The van der Waals surface area contributed by atoms with Crippen LogP contribution in [0.1, 0.15) is 25.3 Å². The fourth-order valence-corrected chi connectivity index (χ4v) is 3.42. The molecular formula is C21H22ClFN2O2. The molecule has 1 fully saturated rings. The average molecular weight is 389 g/mol. The van der Waals surface area contributed by atoms with Gasteiger partial charge in [0, 0.05) is 24.7 Å². The highest BCUT2D eigenvalue weighted by molar-refractivity contribution is 6.31. The van der Waals surface area contributed by atoms with E-state index in [0.717, 1.165) is 12.8 Å². The highest BCUT2D eigenvalue weighted by Crippen LogP contribution is 2.28. The maximum atomic E-state index is 13.3. The van der Waals surface area contributed by atoms with Crippen molar-refractivity contribution in [1.29, 1.82) is 0 Å². The number of carbonyl (C=O) groups is 2. The summed E-state index contributed by atoms with van der Waals surface area (Å²) >= 11 is 5.80. The molecule has 2 unspecified atom stereocenters. The third kappa shape index (κ3) is 4.86. The van der Waals surface area contributed by atoms with Gasteiger partial charge in [-0.3, -0.25) is 9.59 Å². The van der Waals surface area contributed by atoms with E-state index in [1.54, 1.807) is 0 Å². The highest BCUT2D eigenvalue weighted by Gasteiger charge is 2.35. The number of halogens is 2. The van der Waals surface area contributed by atoms with E-state index in [1.807, 2.05) is 25.1 Å². The van der Waals surface area contributed by atoms with Crippen molar-refractivity contribution in [1.82, 2.24) is 5.32 Å². The number of amides is 2. The standard InChI is InChI=1S/C21H22ClFN2O2/c1-14(7-8-15-5-3-2-4-6-15)24-21(27)16-11-20(26)25(13-16)17-9-10-19(23)18(22)12-17/h2-6,9-10,12,14,16H,7-8,11,13H2,1H3,(H,24,27). The molecule has 0 aromatic heterocycles. The van der Waals surface area contributed by atoms with Crippen LogP contribution in [0, 0.1) is 11.7 Å². The summed E-state index contributed by atoms with van der Waals surface area (Å²) in [6.07, 6.45) is 1.85. The zero-order valence-electron chi connectivity index (χ0n) is 15.1. The fraction of sp³-hybridized carbons (Fsp3) is 0.333. The number of benzene rings is 2. The summed E-state index contributed by atoms with van der Waals surface area (Å²) in [5.74, 6) is -1.23. The summed E-state index contributed by atoms with van der Waals surface area (Å²) in [6, 6.07) is 14.3. The lowest BCUT2D eigenvalue weighted by Crippen LogP contribution is -2.38. The Morgan fingerprint density at radius 1 is 1.30 bits per heavy atom. The molecule has 6 heteroatoms. The Hall–Kier alpha value is -2.40. The normalized spacial score (nSPS) is 17.8. The molecule has 1 aliphatic heterocycles.